The Balaban J connectivity index is 1.59. The number of amides is 1. The standard InChI is InChI=1S/C17H24N2O2/c1-18-9-15-10-19(11-16(18)13-21-12-15)17(20)8-7-14-5-3-2-4-6-14/h2-6,15-16H,7-13H2,1H3/t15-,16+/m1/s1. The number of likely N-dealkylation sites (N-methyl/N-ethyl adjacent to an activating group) is 1. The molecule has 3 rings (SSSR count). The van der Waals surface area contributed by atoms with Crippen molar-refractivity contribution in [3.05, 3.63) is 35.9 Å². The van der Waals surface area contributed by atoms with Gasteiger partial charge in [0, 0.05) is 32.0 Å². The molecule has 0 unspecified atom stereocenters. The Morgan fingerprint density at radius 1 is 1.19 bits per heavy atom. The summed E-state index contributed by atoms with van der Waals surface area (Å²) in [5.74, 6) is 0.731. The number of ether oxygens (including phenoxy) is 1. The van der Waals surface area contributed by atoms with Crippen LogP contribution in [0, 0.1) is 5.92 Å². The third-order valence-electron chi connectivity index (χ3n) is 4.57. The second-order valence-electron chi connectivity index (χ2n) is 6.28. The fourth-order valence-corrected chi connectivity index (χ4v) is 3.31. The van der Waals surface area contributed by atoms with E-state index < -0.39 is 0 Å². The van der Waals surface area contributed by atoms with Gasteiger partial charge in [-0.2, -0.15) is 0 Å². The Morgan fingerprint density at radius 3 is 2.81 bits per heavy atom. The van der Waals surface area contributed by atoms with Crippen molar-refractivity contribution < 1.29 is 9.53 Å². The molecule has 0 aliphatic carbocycles. The Kier molecular flexibility index (Phi) is 4.56. The van der Waals surface area contributed by atoms with Gasteiger partial charge in [0.05, 0.1) is 19.3 Å². The van der Waals surface area contributed by atoms with Crippen LogP contribution in [0.5, 0.6) is 0 Å². The molecule has 2 fully saturated rings. The summed E-state index contributed by atoms with van der Waals surface area (Å²) >= 11 is 0. The molecule has 1 aromatic rings. The summed E-state index contributed by atoms with van der Waals surface area (Å²) in [7, 11) is 2.14. The van der Waals surface area contributed by atoms with Gasteiger partial charge in [-0.05, 0) is 19.0 Å². The Bertz CT molecular complexity index is 477. The van der Waals surface area contributed by atoms with Gasteiger partial charge in [-0.3, -0.25) is 9.69 Å². The van der Waals surface area contributed by atoms with Crippen molar-refractivity contribution in [3.8, 4) is 0 Å². The molecule has 0 spiro atoms. The quantitative estimate of drug-likeness (QED) is 0.843. The van der Waals surface area contributed by atoms with E-state index in [1.54, 1.807) is 0 Å². The number of carbonyl (C=O) groups is 1. The molecule has 21 heavy (non-hydrogen) atoms. The molecule has 2 aliphatic heterocycles. The van der Waals surface area contributed by atoms with Crippen LogP contribution < -0.4 is 0 Å². The van der Waals surface area contributed by atoms with Crippen LogP contribution in [-0.4, -0.2) is 61.6 Å². The first-order valence-corrected chi connectivity index (χ1v) is 7.82. The minimum atomic E-state index is 0.283. The number of benzene rings is 1. The minimum absolute atomic E-state index is 0.283. The van der Waals surface area contributed by atoms with Gasteiger partial charge < -0.3 is 9.64 Å². The molecule has 0 saturated carbocycles. The van der Waals surface area contributed by atoms with Crippen molar-refractivity contribution in [3.63, 3.8) is 0 Å². The molecule has 4 heteroatoms. The van der Waals surface area contributed by atoms with Crippen LogP contribution in [0.25, 0.3) is 0 Å². The number of fused-ring (bicyclic) bond motifs is 3. The lowest BCUT2D eigenvalue weighted by Crippen LogP contribution is -2.44. The van der Waals surface area contributed by atoms with Gasteiger partial charge in [0.1, 0.15) is 0 Å². The maximum Gasteiger partial charge on any atom is 0.222 e. The van der Waals surface area contributed by atoms with Crippen LogP contribution in [0.1, 0.15) is 12.0 Å². The molecule has 2 heterocycles. The maximum atomic E-state index is 12.5. The lowest BCUT2D eigenvalue weighted by Gasteiger charge is -2.29. The van der Waals surface area contributed by atoms with Crippen LogP contribution in [0.4, 0.5) is 0 Å². The van der Waals surface area contributed by atoms with Gasteiger partial charge in [-0.25, -0.2) is 0 Å². The zero-order chi connectivity index (χ0) is 14.7. The zero-order valence-corrected chi connectivity index (χ0v) is 12.7. The van der Waals surface area contributed by atoms with Gasteiger partial charge in [-0.1, -0.05) is 30.3 Å². The first kappa shape index (κ1) is 14.5. The van der Waals surface area contributed by atoms with E-state index in [9.17, 15) is 4.79 Å². The van der Waals surface area contributed by atoms with Crippen LogP contribution >= 0.6 is 0 Å². The lowest BCUT2D eigenvalue weighted by molar-refractivity contribution is -0.133. The summed E-state index contributed by atoms with van der Waals surface area (Å²) in [5.41, 5.74) is 1.24. The van der Waals surface area contributed by atoms with Gasteiger partial charge in [-0.15, -0.1) is 0 Å². The second-order valence-corrected chi connectivity index (χ2v) is 6.28. The van der Waals surface area contributed by atoms with Crippen molar-refractivity contribution >= 4 is 5.91 Å². The first-order chi connectivity index (χ1) is 10.2. The molecule has 1 amide bonds. The molecular formula is C17H24N2O2. The van der Waals surface area contributed by atoms with E-state index in [-0.39, 0.29) is 5.91 Å². The first-order valence-electron chi connectivity index (χ1n) is 7.82. The van der Waals surface area contributed by atoms with E-state index in [0.717, 1.165) is 39.3 Å². The van der Waals surface area contributed by atoms with Crippen LogP contribution in [0.15, 0.2) is 30.3 Å². The number of aryl methyl sites for hydroxylation is 1. The smallest absolute Gasteiger partial charge is 0.222 e. The Morgan fingerprint density at radius 2 is 2.00 bits per heavy atom. The van der Waals surface area contributed by atoms with Gasteiger partial charge in [0.25, 0.3) is 0 Å². The molecule has 0 radical (unpaired) electrons. The predicted molar refractivity (Wildman–Crippen MR) is 82.1 cm³/mol. The highest BCUT2D eigenvalue weighted by atomic mass is 16.5. The molecule has 2 aliphatic rings. The van der Waals surface area contributed by atoms with Crippen molar-refractivity contribution in [2.75, 3.05) is 39.9 Å². The number of hydrogen-bond acceptors (Lipinski definition) is 3. The van der Waals surface area contributed by atoms with Crippen molar-refractivity contribution in [1.29, 1.82) is 0 Å². The van der Waals surface area contributed by atoms with Crippen LogP contribution in [0.3, 0.4) is 0 Å². The molecule has 1 aromatic carbocycles. The molecular weight excluding hydrogens is 264 g/mol. The third kappa shape index (κ3) is 3.63. The van der Waals surface area contributed by atoms with E-state index >= 15 is 0 Å². The van der Waals surface area contributed by atoms with E-state index in [1.807, 2.05) is 18.2 Å². The fourth-order valence-electron chi connectivity index (χ4n) is 3.31. The van der Waals surface area contributed by atoms with Gasteiger partial charge >= 0.3 is 0 Å². The summed E-state index contributed by atoms with van der Waals surface area (Å²) in [6, 6.07) is 10.6. The summed E-state index contributed by atoms with van der Waals surface area (Å²) < 4.78 is 5.71. The number of hydrogen-bond donors (Lipinski definition) is 0. The molecule has 0 aromatic heterocycles. The minimum Gasteiger partial charge on any atom is -0.379 e. The lowest BCUT2D eigenvalue weighted by atomic mass is 10.1. The molecule has 2 atom stereocenters. The number of rotatable bonds is 3. The summed E-state index contributed by atoms with van der Waals surface area (Å²) in [6.45, 7) is 4.21. The monoisotopic (exact) mass is 288 g/mol. The zero-order valence-electron chi connectivity index (χ0n) is 12.7. The second kappa shape index (κ2) is 6.58. The van der Waals surface area contributed by atoms with Crippen molar-refractivity contribution in [2.45, 2.75) is 18.9 Å². The highest BCUT2D eigenvalue weighted by molar-refractivity contribution is 5.76. The Hall–Kier alpha value is -1.39. The van der Waals surface area contributed by atoms with E-state index in [2.05, 4.69) is 29.0 Å². The highest BCUT2D eigenvalue weighted by Gasteiger charge is 2.32. The average Bonchev–Trinajstić information content (AvgIpc) is 2.74. The van der Waals surface area contributed by atoms with Crippen molar-refractivity contribution in [2.24, 2.45) is 5.92 Å². The van der Waals surface area contributed by atoms with Gasteiger partial charge in [0.2, 0.25) is 5.91 Å². The largest absolute Gasteiger partial charge is 0.379 e. The van der Waals surface area contributed by atoms with Crippen LogP contribution in [-0.2, 0) is 16.0 Å². The normalized spacial score (nSPS) is 26.4. The molecule has 114 valence electrons. The summed E-state index contributed by atoms with van der Waals surface area (Å²) in [6.07, 6.45) is 1.44. The fraction of sp³-hybridized carbons (Fsp3) is 0.588. The van der Waals surface area contributed by atoms with E-state index in [0.29, 0.717) is 18.4 Å². The Labute approximate surface area is 126 Å². The average molecular weight is 288 g/mol. The highest BCUT2D eigenvalue weighted by Crippen LogP contribution is 2.19. The summed E-state index contributed by atoms with van der Waals surface area (Å²) in [5, 5.41) is 0. The van der Waals surface area contributed by atoms with Crippen molar-refractivity contribution in [1.82, 2.24) is 9.80 Å². The van der Waals surface area contributed by atoms with Gasteiger partial charge in [0.15, 0.2) is 0 Å². The van der Waals surface area contributed by atoms with Crippen LogP contribution in [0.2, 0.25) is 0 Å². The third-order valence-corrected chi connectivity index (χ3v) is 4.57. The molecule has 0 N–H and O–H groups in total. The number of carbonyl (C=O) groups excluding carboxylic acids is 1. The van der Waals surface area contributed by atoms with E-state index in [4.69, 9.17) is 4.74 Å². The maximum absolute atomic E-state index is 12.5. The summed E-state index contributed by atoms with van der Waals surface area (Å²) in [4.78, 5) is 16.9. The predicted octanol–water partition coefficient (Wildman–Crippen LogP) is 1.41. The number of nitrogens with zero attached hydrogens (tertiary/aromatic N) is 2. The topological polar surface area (TPSA) is 32.8 Å². The SMILES string of the molecule is CN1C[C@H]2COC[C@@H]1CN(C(=O)CCc1ccccc1)C2. The van der Waals surface area contributed by atoms with E-state index in [1.165, 1.54) is 5.56 Å². The molecule has 2 bridgehead atoms. The molecule has 2 saturated heterocycles. The molecule has 4 nitrogen and oxygen atoms in total.